The minimum absolute atomic E-state index is 0. The Labute approximate surface area is 172 Å². The van der Waals surface area contributed by atoms with Gasteiger partial charge in [0, 0.05) is 39.5 Å². The second-order valence-electron chi connectivity index (χ2n) is 6.43. The van der Waals surface area contributed by atoms with Gasteiger partial charge in [-0.15, -0.1) is 0 Å². The zero-order valence-electron chi connectivity index (χ0n) is 17.4. The van der Waals surface area contributed by atoms with E-state index in [0.29, 0.717) is 57.8 Å². The Balaban J connectivity index is 0. The van der Waals surface area contributed by atoms with Gasteiger partial charge >= 0.3 is 0 Å². The van der Waals surface area contributed by atoms with Gasteiger partial charge < -0.3 is 24.8 Å². The van der Waals surface area contributed by atoms with E-state index in [1.807, 2.05) is 19.1 Å². The molecule has 0 aliphatic heterocycles. The van der Waals surface area contributed by atoms with Crippen molar-refractivity contribution in [1.29, 1.82) is 0 Å². The Morgan fingerprint density at radius 2 is 1.54 bits per heavy atom. The lowest BCUT2D eigenvalue weighted by Crippen LogP contribution is -2.27. The van der Waals surface area contributed by atoms with Crippen molar-refractivity contribution in [2.45, 2.75) is 33.2 Å². The van der Waals surface area contributed by atoms with Gasteiger partial charge in [-0.25, -0.2) is 0 Å². The molecule has 0 aromatic heterocycles. The van der Waals surface area contributed by atoms with Crippen molar-refractivity contribution in [3.63, 3.8) is 0 Å². The van der Waals surface area contributed by atoms with E-state index >= 15 is 0 Å². The highest BCUT2D eigenvalue weighted by Crippen LogP contribution is 2.03. The molecule has 1 rings (SSSR count). The van der Waals surface area contributed by atoms with E-state index in [1.54, 1.807) is 12.1 Å². The number of nitrogens with one attached hydrogen (secondary N) is 2. The molecule has 1 aromatic carbocycles. The van der Waals surface area contributed by atoms with Crippen LogP contribution in [0.1, 0.15) is 46.0 Å². The van der Waals surface area contributed by atoms with Crippen LogP contribution in [0, 0.1) is 11.8 Å². The Morgan fingerprint density at radius 3 is 2.11 bits per heavy atom. The van der Waals surface area contributed by atoms with Crippen molar-refractivity contribution in [3.05, 3.63) is 35.4 Å². The third kappa shape index (κ3) is 12.5. The normalized spacial score (nSPS) is 10.6. The molecule has 0 fully saturated rings. The van der Waals surface area contributed by atoms with E-state index in [2.05, 4.69) is 36.3 Å². The zero-order valence-corrected chi connectivity index (χ0v) is 17.4. The Kier molecular flexibility index (Phi) is 13.9. The highest BCUT2D eigenvalue weighted by atomic mass is 16.5. The maximum atomic E-state index is 12.0. The lowest BCUT2D eigenvalue weighted by atomic mass is 10.1. The topological polar surface area (TPSA) is 68.8 Å². The molecule has 0 aliphatic rings. The van der Waals surface area contributed by atoms with Crippen LogP contribution in [0.5, 0.6) is 0 Å². The molecule has 0 bridgehead atoms. The molecule has 0 saturated carbocycles. The van der Waals surface area contributed by atoms with Gasteiger partial charge in [-0.1, -0.05) is 32.6 Å². The van der Waals surface area contributed by atoms with Crippen LogP contribution < -0.4 is 10.6 Å². The van der Waals surface area contributed by atoms with Crippen molar-refractivity contribution in [1.82, 2.24) is 10.6 Å². The van der Waals surface area contributed by atoms with Gasteiger partial charge in [-0.05, 0) is 24.3 Å². The van der Waals surface area contributed by atoms with Crippen LogP contribution >= 0.6 is 0 Å². The van der Waals surface area contributed by atoms with Crippen LogP contribution in [0.4, 0.5) is 0 Å². The molecule has 6 nitrogen and oxygen atoms in total. The van der Waals surface area contributed by atoms with E-state index in [4.69, 9.17) is 14.2 Å². The molecule has 0 radical (unpaired) electrons. The summed E-state index contributed by atoms with van der Waals surface area (Å²) < 4.78 is 16.3. The van der Waals surface area contributed by atoms with Gasteiger partial charge in [0.2, 0.25) is 0 Å². The first kappa shape index (κ1) is 24.1. The summed E-state index contributed by atoms with van der Waals surface area (Å²) in [7, 11) is 0. The lowest BCUT2D eigenvalue weighted by Gasteiger charge is -2.09. The van der Waals surface area contributed by atoms with Crippen LogP contribution in [0.25, 0.3) is 0 Å². The maximum absolute atomic E-state index is 12.0. The van der Waals surface area contributed by atoms with E-state index < -0.39 is 0 Å². The van der Waals surface area contributed by atoms with Crippen molar-refractivity contribution < 1.29 is 21.9 Å². The Morgan fingerprint density at radius 1 is 0.964 bits per heavy atom. The van der Waals surface area contributed by atoms with E-state index in [-0.39, 0.29) is 8.76 Å². The van der Waals surface area contributed by atoms with Gasteiger partial charge in [-0.2, -0.15) is 0 Å². The van der Waals surface area contributed by atoms with Gasteiger partial charge in [0.25, 0.3) is 5.91 Å². The van der Waals surface area contributed by atoms with Crippen LogP contribution in [0.2, 0.25) is 0 Å². The summed E-state index contributed by atoms with van der Waals surface area (Å²) >= 11 is 0. The molecule has 160 valence electrons. The molecule has 0 aliphatic carbocycles. The quantitative estimate of drug-likeness (QED) is 0.375. The summed E-state index contributed by atoms with van der Waals surface area (Å²) in [6, 6.07) is 7.76. The number of hydrogen-bond acceptors (Lipinski definition) is 5. The van der Waals surface area contributed by atoms with Crippen molar-refractivity contribution in [2.24, 2.45) is 0 Å². The number of ether oxygens (including phenoxy) is 3. The van der Waals surface area contributed by atoms with Crippen LogP contribution in [0.3, 0.4) is 0 Å². The zero-order chi connectivity index (χ0) is 20.5. The number of carbonyl (C=O) groups is 1. The minimum Gasteiger partial charge on any atom is -0.378 e. The number of hydrogen-bond donors (Lipinski definition) is 2. The predicted molar refractivity (Wildman–Crippen MR) is 116 cm³/mol. The van der Waals surface area contributed by atoms with Crippen molar-refractivity contribution in [2.75, 3.05) is 52.7 Å². The SMILES string of the molecule is CCC#Cc1ccc(C(=O)NCCOCCOCCOCCNC(C)C)cc1.[HH].[HH]. The minimum atomic E-state index is -0.112. The standard InChI is InChI=1S/C22H34N2O4.2H2/c1-4-5-6-20-7-9-21(10-8-20)22(25)24-12-14-27-16-18-28-17-15-26-13-11-23-19(2)3;;/h7-10,19,23H,4,11-18H2,1-3H3,(H,24,25);2*1H. The summed E-state index contributed by atoms with van der Waals surface area (Å²) in [4.78, 5) is 12.0. The molecular weight excluding hydrogens is 356 g/mol. The second kappa shape index (κ2) is 16.1. The number of benzene rings is 1. The van der Waals surface area contributed by atoms with E-state index in [9.17, 15) is 4.79 Å². The van der Waals surface area contributed by atoms with Gasteiger partial charge in [0.1, 0.15) is 0 Å². The third-order valence-electron chi connectivity index (χ3n) is 3.63. The smallest absolute Gasteiger partial charge is 0.251 e. The molecule has 6 heteroatoms. The molecule has 28 heavy (non-hydrogen) atoms. The molecule has 2 N–H and O–H groups in total. The first-order valence-corrected chi connectivity index (χ1v) is 9.97. The molecule has 0 heterocycles. The number of amides is 1. The Hall–Kier alpha value is -1.91. The van der Waals surface area contributed by atoms with E-state index in [1.165, 1.54) is 0 Å². The highest BCUT2D eigenvalue weighted by Gasteiger charge is 2.04. The largest absolute Gasteiger partial charge is 0.378 e. The summed E-state index contributed by atoms with van der Waals surface area (Å²) in [5, 5.41) is 6.12. The predicted octanol–water partition coefficient (Wildman–Crippen LogP) is 2.72. The molecule has 0 spiro atoms. The summed E-state index contributed by atoms with van der Waals surface area (Å²) in [6.07, 6.45) is 0.817. The van der Waals surface area contributed by atoms with Crippen LogP contribution in [-0.2, 0) is 14.2 Å². The Bertz CT molecular complexity index is 601. The molecule has 1 amide bonds. The molecule has 0 saturated heterocycles. The average Bonchev–Trinajstić information content (AvgIpc) is 2.69. The monoisotopic (exact) mass is 394 g/mol. The average molecular weight is 395 g/mol. The fourth-order valence-electron chi connectivity index (χ4n) is 2.20. The molecule has 0 atom stereocenters. The second-order valence-corrected chi connectivity index (χ2v) is 6.43. The first-order chi connectivity index (χ1) is 13.6. The summed E-state index contributed by atoms with van der Waals surface area (Å²) in [5.41, 5.74) is 1.54. The lowest BCUT2D eigenvalue weighted by molar-refractivity contribution is 0.0155. The van der Waals surface area contributed by atoms with Crippen molar-refractivity contribution in [3.8, 4) is 11.8 Å². The van der Waals surface area contributed by atoms with Gasteiger partial charge in [0.15, 0.2) is 0 Å². The number of carbonyl (C=O) groups excluding carboxylic acids is 1. The van der Waals surface area contributed by atoms with E-state index in [0.717, 1.165) is 18.5 Å². The number of rotatable bonds is 14. The maximum Gasteiger partial charge on any atom is 0.251 e. The highest BCUT2D eigenvalue weighted by molar-refractivity contribution is 5.94. The molecular formula is C22H38N2O4. The van der Waals surface area contributed by atoms with Gasteiger partial charge in [0.05, 0.1) is 39.6 Å². The van der Waals surface area contributed by atoms with Gasteiger partial charge in [-0.3, -0.25) is 4.79 Å². The molecule has 0 unspecified atom stereocenters. The summed E-state index contributed by atoms with van der Waals surface area (Å²) in [5.74, 6) is 5.93. The van der Waals surface area contributed by atoms with Crippen LogP contribution in [-0.4, -0.2) is 64.7 Å². The van der Waals surface area contributed by atoms with Crippen molar-refractivity contribution >= 4 is 5.91 Å². The molecule has 1 aromatic rings. The fourth-order valence-corrected chi connectivity index (χ4v) is 2.20. The first-order valence-electron chi connectivity index (χ1n) is 9.97. The summed E-state index contributed by atoms with van der Waals surface area (Å²) in [6.45, 7) is 10.8. The van der Waals surface area contributed by atoms with Crippen LogP contribution in [0.15, 0.2) is 24.3 Å². The fraction of sp³-hybridized carbons (Fsp3) is 0.591. The third-order valence-corrected chi connectivity index (χ3v) is 3.63.